The molecule has 6 nitrogen and oxygen atoms in total. The van der Waals surface area contributed by atoms with Crippen LogP contribution in [0.2, 0.25) is 0 Å². The molecule has 1 amide bonds. The van der Waals surface area contributed by atoms with Gasteiger partial charge in [0.1, 0.15) is 0 Å². The van der Waals surface area contributed by atoms with Gasteiger partial charge in [0.05, 0.1) is 11.8 Å². The zero-order valence-corrected chi connectivity index (χ0v) is 16.3. The van der Waals surface area contributed by atoms with Crippen LogP contribution in [0.25, 0.3) is 0 Å². The highest BCUT2D eigenvalue weighted by molar-refractivity contribution is 5.91. The normalized spacial score (nSPS) is 26.4. The van der Waals surface area contributed by atoms with Gasteiger partial charge in [-0.15, -0.1) is 0 Å². The largest absolute Gasteiger partial charge is 0.391 e. The van der Waals surface area contributed by atoms with Crippen LogP contribution in [0, 0.1) is 5.92 Å². The van der Waals surface area contributed by atoms with Crippen molar-refractivity contribution < 1.29 is 14.4 Å². The molecule has 1 N–H and O–H groups in total. The third-order valence-electron chi connectivity index (χ3n) is 6.67. The minimum Gasteiger partial charge on any atom is -0.391 e. The first-order valence-corrected chi connectivity index (χ1v) is 10.9. The first-order valence-electron chi connectivity index (χ1n) is 10.9. The number of piperidine rings is 2. The van der Waals surface area contributed by atoms with E-state index >= 15 is 0 Å². The molecule has 2 saturated heterocycles. The molecule has 2 aliphatic heterocycles. The van der Waals surface area contributed by atoms with Gasteiger partial charge < -0.3 is 19.4 Å². The molecule has 0 aromatic carbocycles. The molecule has 1 aromatic heterocycles. The van der Waals surface area contributed by atoms with E-state index in [1.807, 2.05) is 6.07 Å². The molecule has 1 atom stereocenters. The minimum atomic E-state index is -0.418. The second-order valence-electron chi connectivity index (χ2n) is 8.74. The number of carbonyl (C=O) groups excluding carboxylic acids is 1. The van der Waals surface area contributed by atoms with Crippen molar-refractivity contribution in [1.82, 2.24) is 15.0 Å². The predicted molar refractivity (Wildman–Crippen MR) is 103 cm³/mol. The first-order chi connectivity index (χ1) is 13.2. The van der Waals surface area contributed by atoms with Crippen LogP contribution in [0.3, 0.4) is 0 Å². The fraction of sp³-hybridized carbons (Fsp3) is 0.810. The maximum absolute atomic E-state index is 12.6. The monoisotopic (exact) mass is 375 g/mol. The molecule has 1 aromatic rings. The molecule has 150 valence electrons. The van der Waals surface area contributed by atoms with Crippen molar-refractivity contribution >= 4 is 5.91 Å². The molecule has 6 heteroatoms. The smallest absolute Gasteiger partial charge is 0.292 e. The number of aromatic nitrogens is 1. The van der Waals surface area contributed by atoms with Gasteiger partial charge in [0.15, 0.2) is 0 Å². The molecule has 1 saturated carbocycles. The molecule has 4 rings (SSSR count). The molecule has 3 fully saturated rings. The summed E-state index contributed by atoms with van der Waals surface area (Å²) in [6.07, 6.45) is 10.4. The van der Waals surface area contributed by atoms with E-state index in [9.17, 15) is 9.90 Å². The first kappa shape index (κ1) is 18.9. The lowest BCUT2D eigenvalue weighted by molar-refractivity contribution is 0.0441. The summed E-state index contributed by atoms with van der Waals surface area (Å²) in [5.74, 6) is 1.47. The number of aliphatic hydroxyl groups is 1. The Morgan fingerprint density at radius 2 is 1.85 bits per heavy atom. The highest BCUT2D eigenvalue weighted by atomic mass is 16.5. The number of likely N-dealkylation sites (tertiary alicyclic amines) is 2. The highest BCUT2D eigenvalue weighted by Crippen LogP contribution is 2.30. The van der Waals surface area contributed by atoms with Crippen LogP contribution in [-0.2, 0) is 0 Å². The van der Waals surface area contributed by atoms with E-state index in [0.717, 1.165) is 50.4 Å². The predicted octanol–water partition coefficient (Wildman–Crippen LogP) is 3.03. The van der Waals surface area contributed by atoms with Crippen molar-refractivity contribution in [3.8, 4) is 0 Å². The Kier molecular flexibility index (Phi) is 6.13. The van der Waals surface area contributed by atoms with E-state index in [1.54, 1.807) is 4.90 Å². The number of hydrogen-bond acceptors (Lipinski definition) is 5. The van der Waals surface area contributed by atoms with Crippen LogP contribution in [0.1, 0.15) is 80.0 Å². The standard InChI is InChI=1S/C21H33N3O3/c25-18-7-4-10-24(15-18)21(26)20-13-19(22-27-20)17-8-11-23(12-9-17)14-16-5-2-1-3-6-16/h13,16-18,25H,1-12,14-15H2/t18-/m0/s1. The number of hydrogen-bond donors (Lipinski definition) is 1. The van der Waals surface area contributed by atoms with Crippen molar-refractivity contribution in [1.29, 1.82) is 0 Å². The van der Waals surface area contributed by atoms with Crippen molar-refractivity contribution in [3.05, 3.63) is 17.5 Å². The Labute approximate surface area is 161 Å². The number of β-amino-alcohol motifs (C(OH)–C–C–N with tert-alkyl or cyclic N) is 1. The van der Waals surface area contributed by atoms with Gasteiger partial charge in [0.2, 0.25) is 5.76 Å². The topological polar surface area (TPSA) is 69.8 Å². The lowest BCUT2D eigenvalue weighted by atomic mass is 9.87. The quantitative estimate of drug-likeness (QED) is 0.876. The average Bonchev–Trinajstić information content (AvgIpc) is 3.19. The minimum absolute atomic E-state index is 0.137. The lowest BCUT2D eigenvalue weighted by Gasteiger charge is -2.34. The molecule has 0 unspecified atom stereocenters. The fourth-order valence-corrected chi connectivity index (χ4v) is 5.02. The van der Waals surface area contributed by atoms with Crippen LogP contribution in [0.15, 0.2) is 10.6 Å². The summed E-state index contributed by atoms with van der Waals surface area (Å²) < 4.78 is 5.38. The highest BCUT2D eigenvalue weighted by Gasteiger charge is 2.29. The number of amides is 1. The van der Waals surface area contributed by atoms with E-state index in [0.29, 0.717) is 24.8 Å². The van der Waals surface area contributed by atoms with Gasteiger partial charge in [-0.25, -0.2) is 0 Å². The molecule has 0 bridgehead atoms. The van der Waals surface area contributed by atoms with Crippen LogP contribution in [0.4, 0.5) is 0 Å². The SMILES string of the molecule is O=C(c1cc(C2CCN(CC3CCCCC3)CC2)no1)N1CCC[C@H](O)C1. The Morgan fingerprint density at radius 1 is 1.07 bits per heavy atom. The maximum Gasteiger partial charge on any atom is 0.292 e. The van der Waals surface area contributed by atoms with Gasteiger partial charge in [-0.2, -0.15) is 0 Å². The lowest BCUT2D eigenvalue weighted by Crippen LogP contribution is -2.42. The Morgan fingerprint density at radius 3 is 2.59 bits per heavy atom. The van der Waals surface area contributed by atoms with Crippen molar-refractivity contribution in [3.63, 3.8) is 0 Å². The molecular weight excluding hydrogens is 342 g/mol. The Bertz CT molecular complexity index is 618. The summed E-state index contributed by atoms with van der Waals surface area (Å²) in [4.78, 5) is 16.9. The van der Waals surface area contributed by atoms with E-state index in [2.05, 4.69) is 10.1 Å². The molecule has 3 heterocycles. The van der Waals surface area contributed by atoms with Crippen LogP contribution >= 0.6 is 0 Å². The van der Waals surface area contributed by atoms with E-state index in [1.165, 1.54) is 38.6 Å². The maximum atomic E-state index is 12.6. The number of aliphatic hydroxyl groups excluding tert-OH is 1. The molecule has 1 aliphatic carbocycles. The summed E-state index contributed by atoms with van der Waals surface area (Å²) in [5, 5.41) is 14.0. The summed E-state index contributed by atoms with van der Waals surface area (Å²) in [7, 11) is 0. The third kappa shape index (κ3) is 4.72. The Balaban J connectivity index is 1.28. The van der Waals surface area contributed by atoms with Crippen molar-refractivity contribution in [2.24, 2.45) is 5.92 Å². The summed E-state index contributed by atoms with van der Waals surface area (Å²) in [6, 6.07) is 1.84. The number of rotatable bonds is 4. The second kappa shape index (κ2) is 8.74. The fourth-order valence-electron chi connectivity index (χ4n) is 5.02. The van der Waals surface area contributed by atoms with E-state index in [-0.39, 0.29) is 5.91 Å². The number of carbonyl (C=O) groups is 1. The zero-order chi connectivity index (χ0) is 18.6. The van der Waals surface area contributed by atoms with Crippen molar-refractivity contribution in [2.45, 2.75) is 69.8 Å². The average molecular weight is 376 g/mol. The van der Waals surface area contributed by atoms with Gasteiger partial charge >= 0.3 is 0 Å². The van der Waals surface area contributed by atoms with E-state index in [4.69, 9.17) is 4.52 Å². The van der Waals surface area contributed by atoms with Crippen molar-refractivity contribution in [2.75, 3.05) is 32.7 Å². The molecule has 0 spiro atoms. The molecule has 0 radical (unpaired) electrons. The van der Waals surface area contributed by atoms with Gasteiger partial charge in [0, 0.05) is 31.6 Å². The summed E-state index contributed by atoms with van der Waals surface area (Å²) in [6.45, 7) is 4.58. The molecule has 27 heavy (non-hydrogen) atoms. The summed E-state index contributed by atoms with van der Waals surface area (Å²) in [5.41, 5.74) is 0.924. The van der Waals surface area contributed by atoms with Gasteiger partial charge in [-0.05, 0) is 57.5 Å². The molecule has 3 aliphatic rings. The van der Waals surface area contributed by atoms with Gasteiger partial charge in [-0.1, -0.05) is 24.4 Å². The zero-order valence-electron chi connectivity index (χ0n) is 16.3. The van der Waals surface area contributed by atoms with Crippen LogP contribution in [0.5, 0.6) is 0 Å². The van der Waals surface area contributed by atoms with Crippen LogP contribution < -0.4 is 0 Å². The van der Waals surface area contributed by atoms with Gasteiger partial charge in [-0.3, -0.25) is 4.79 Å². The van der Waals surface area contributed by atoms with E-state index < -0.39 is 6.10 Å². The second-order valence-corrected chi connectivity index (χ2v) is 8.74. The summed E-state index contributed by atoms with van der Waals surface area (Å²) >= 11 is 0. The van der Waals surface area contributed by atoms with Gasteiger partial charge in [0.25, 0.3) is 5.91 Å². The molecular formula is C21H33N3O3. The Hall–Kier alpha value is -1.40. The third-order valence-corrected chi connectivity index (χ3v) is 6.67. The van der Waals surface area contributed by atoms with Crippen LogP contribution in [-0.4, -0.2) is 64.8 Å². The number of nitrogens with zero attached hydrogens (tertiary/aromatic N) is 3.